The summed E-state index contributed by atoms with van der Waals surface area (Å²) in [5.74, 6) is 1.40. The zero-order chi connectivity index (χ0) is 8.39. The third-order valence-corrected chi connectivity index (χ3v) is 3.15. The molecule has 2 atom stereocenters. The second-order valence-corrected chi connectivity index (χ2v) is 4.35. The lowest BCUT2D eigenvalue weighted by molar-refractivity contribution is 0.0791. The molecule has 0 spiro atoms. The number of nitrogens with one attached hydrogen (secondary N) is 1. The summed E-state index contributed by atoms with van der Waals surface area (Å²) in [7, 11) is 0. The Balaban J connectivity index is 1.72. The molecule has 0 radical (unpaired) electrons. The van der Waals surface area contributed by atoms with E-state index in [9.17, 15) is 5.11 Å². The highest BCUT2D eigenvalue weighted by atomic mass is 16.3. The van der Waals surface area contributed by atoms with E-state index in [4.69, 9.17) is 0 Å². The van der Waals surface area contributed by atoms with Crippen molar-refractivity contribution in [1.29, 1.82) is 0 Å². The molecule has 2 N–H and O–H groups in total. The van der Waals surface area contributed by atoms with E-state index in [0.717, 1.165) is 25.4 Å². The minimum atomic E-state index is -0.0229. The summed E-state index contributed by atoms with van der Waals surface area (Å²) in [6.45, 7) is 2.18. The number of hydrogen-bond donors (Lipinski definition) is 2. The van der Waals surface area contributed by atoms with Crippen molar-refractivity contribution < 1.29 is 5.11 Å². The summed E-state index contributed by atoms with van der Waals surface area (Å²) in [6.07, 6.45) is 6.22. The van der Waals surface area contributed by atoms with Gasteiger partial charge in [0.25, 0.3) is 0 Å². The summed E-state index contributed by atoms with van der Waals surface area (Å²) >= 11 is 0. The van der Waals surface area contributed by atoms with Crippen LogP contribution in [0.3, 0.4) is 0 Å². The van der Waals surface area contributed by atoms with Gasteiger partial charge in [-0.05, 0) is 37.6 Å². The van der Waals surface area contributed by atoms with Gasteiger partial charge in [0, 0.05) is 6.54 Å². The summed E-state index contributed by atoms with van der Waals surface area (Å²) in [5.41, 5.74) is 0. The van der Waals surface area contributed by atoms with Crippen LogP contribution in [-0.4, -0.2) is 24.3 Å². The molecule has 0 aromatic rings. The average Bonchev–Trinajstić information content (AvgIpc) is 2.90. The van der Waals surface area contributed by atoms with Crippen LogP contribution in [0.15, 0.2) is 0 Å². The molecular weight excluding hydrogens is 150 g/mol. The van der Waals surface area contributed by atoms with Crippen LogP contribution in [0.5, 0.6) is 0 Å². The first-order valence-electron chi connectivity index (χ1n) is 5.25. The molecule has 70 valence electrons. The average molecular weight is 169 g/mol. The Kier molecular flexibility index (Phi) is 2.66. The Morgan fingerprint density at radius 2 is 2.17 bits per heavy atom. The van der Waals surface area contributed by atoms with Crippen molar-refractivity contribution in [2.24, 2.45) is 11.8 Å². The fraction of sp³-hybridized carbons (Fsp3) is 1.00. The molecule has 1 heterocycles. The van der Waals surface area contributed by atoms with E-state index >= 15 is 0 Å². The van der Waals surface area contributed by atoms with E-state index in [1.54, 1.807) is 0 Å². The van der Waals surface area contributed by atoms with Crippen LogP contribution in [0.2, 0.25) is 0 Å². The van der Waals surface area contributed by atoms with Gasteiger partial charge < -0.3 is 10.4 Å². The highest BCUT2D eigenvalue weighted by Gasteiger charge is 2.29. The third kappa shape index (κ3) is 2.20. The van der Waals surface area contributed by atoms with Crippen LogP contribution in [0.25, 0.3) is 0 Å². The monoisotopic (exact) mass is 169 g/mol. The van der Waals surface area contributed by atoms with Gasteiger partial charge in [0.05, 0.1) is 6.10 Å². The van der Waals surface area contributed by atoms with Gasteiger partial charge in [-0.2, -0.15) is 0 Å². The minimum Gasteiger partial charge on any atom is -0.393 e. The van der Waals surface area contributed by atoms with Crippen LogP contribution in [0.4, 0.5) is 0 Å². The standard InChI is InChI=1S/C10H19NO/c12-10(6-8-3-4-8)9-2-1-5-11-7-9/h8-12H,1-7H2/t9-,10+/m0/s1. The molecule has 2 aliphatic rings. The molecule has 0 aromatic heterocycles. The fourth-order valence-electron chi connectivity index (χ4n) is 2.09. The summed E-state index contributed by atoms with van der Waals surface area (Å²) in [6, 6.07) is 0. The van der Waals surface area contributed by atoms with Crippen LogP contribution in [0.1, 0.15) is 32.1 Å². The topological polar surface area (TPSA) is 32.3 Å². The Labute approximate surface area is 74.4 Å². The molecule has 2 nitrogen and oxygen atoms in total. The zero-order valence-corrected chi connectivity index (χ0v) is 7.63. The van der Waals surface area contributed by atoms with Crippen molar-refractivity contribution >= 4 is 0 Å². The van der Waals surface area contributed by atoms with E-state index < -0.39 is 0 Å². The normalized spacial score (nSPS) is 33.2. The van der Waals surface area contributed by atoms with Crippen molar-refractivity contribution in [1.82, 2.24) is 5.32 Å². The Morgan fingerprint density at radius 1 is 1.33 bits per heavy atom. The minimum absolute atomic E-state index is 0.0229. The van der Waals surface area contributed by atoms with Crippen LogP contribution < -0.4 is 5.32 Å². The summed E-state index contributed by atoms with van der Waals surface area (Å²) in [5, 5.41) is 13.2. The number of aliphatic hydroxyl groups is 1. The molecule has 2 fully saturated rings. The number of rotatable bonds is 3. The van der Waals surface area contributed by atoms with Crippen molar-refractivity contribution in [2.75, 3.05) is 13.1 Å². The van der Waals surface area contributed by atoms with Gasteiger partial charge in [-0.15, -0.1) is 0 Å². The molecule has 12 heavy (non-hydrogen) atoms. The second kappa shape index (κ2) is 3.75. The van der Waals surface area contributed by atoms with Gasteiger partial charge in [0.15, 0.2) is 0 Å². The largest absolute Gasteiger partial charge is 0.393 e. The summed E-state index contributed by atoms with van der Waals surface area (Å²) < 4.78 is 0. The van der Waals surface area contributed by atoms with E-state index in [1.807, 2.05) is 0 Å². The second-order valence-electron chi connectivity index (χ2n) is 4.35. The molecule has 1 saturated heterocycles. The van der Waals surface area contributed by atoms with E-state index in [1.165, 1.54) is 25.7 Å². The van der Waals surface area contributed by atoms with Gasteiger partial charge in [-0.3, -0.25) is 0 Å². The lowest BCUT2D eigenvalue weighted by atomic mass is 9.91. The van der Waals surface area contributed by atoms with Crippen molar-refractivity contribution in [3.8, 4) is 0 Å². The van der Waals surface area contributed by atoms with Gasteiger partial charge >= 0.3 is 0 Å². The highest BCUT2D eigenvalue weighted by Crippen LogP contribution is 2.35. The first kappa shape index (κ1) is 8.52. The van der Waals surface area contributed by atoms with Gasteiger partial charge in [0.2, 0.25) is 0 Å². The lowest BCUT2D eigenvalue weighted by Gasteiger charge is -2.27. The number of aliphatic hydroxyl groups excluding tert-OH is 1. The molecule has 0 unspecified atom stereocenters. The van der Waals surface area contributed by atoms with Crippen LogP contribution in [-0.2, 0) is 0 Å². The predicted molar refractivity (Wildman–Crippen MR) is 48.9 cm³/mol. The predicted octanol–water partition coefficient (Wildman–Crippen LogP) is 1.15. The molecule has 0 bridgehead atoms. The van der Waals surface area contributed by atoms with E-state index in [0.29, 0.717) is 5.92 Å². The Morgan fingerprint density at radius 3 is 2.75 bits per heavy atom. The van der Waals surface area contributed by atoms with Crippen molar-refractivity contribution in [3.63, 3.8) is 0 Å². The lowest BCUT2D eigenvalue weighted by Crippen LogP contribution is -2.36. The molecule has 0 aromatic carbocycles. The maximum atomic E-state index is 9.84. The van der Waals surface area contributed by atoms with Gasteiger partial charge in [0.1, 0.15) is 0 Å². The smallest absolute Gasteiger partial charge is 0.0583 e. The Bertz CT molecular complexity index is 139. The van der Waals surface area contributed by atoms with Crippen molar-refractivity contribution in [2.45, 2.75) is 38.2 Å². The maximum Gasteiger partial charge on any atom is 0.0583 e. The number of piperidine rings is 1. The fourth-order valence-corrected chi connectivity index (χ4v) is 2.09. The Hall–Kier alpha value is -0.0800. The quantitative estimate of drug-likeness (QED) is 0.664. The summed E-state index contributed by atoms with van der Waals surface area (Å²) in [4.78, 5) is 0. The SMILES string of the molecule is O[C@H](CC1CC1)[C@H]1CCCNC1. The van der Waals surface area contributed by atoms with Gasteiger partial charge in [-0.1, -0.05) is 12.8 Å². The zero-order valence-electron chi connectivity index (χ0n) is 7.63. The highest BCUT2D eigenvalue weighted by molar-refractivity contribution is 4.82. The number of hydrogen-bond acceptors (Lipinski definition) is 2. The van der Waals surface area contributed by atoms with Crippen LogP contribution >= 0.6 is 0 Å². The first-order chi connectivity index (χ1) is 5.86. The maximum absolute atomic E-state index is 9.84. The molecule has 2 rings (SSSR count). The molecular formula is C10H19NO. The molecule has 2 heteroatoms. The molecule has 1 aliphatic heterocycles. The molecule has 1 aliphatic carbocycles. The first-order valence-corrected chi connectivity index (χ1v) is 5.25. The van der Waals surface area contributed by atoms with Crippen molar-refractivity contribution in [3.05, 3.63) is 0 Å². The molecule has 1 saturated carbocycles. The van der Waals surface area contributed by atoms with E-state index in [-0.39, 0.29) is 6.10 Å². The van der Waals surface area contributed by atoms with Crippen LogP contribution in [0, 0.1) is 11.8 Å². The third-order valence-electron chi connectivity index (χ3n) is 3.15. The van der Waals surface area contributed by atoms with E-state index in [2.05, 4.69) is 5.32 Å². The molecule has 0 amide bonds. The van der Waals surface area contributed by atoms with Gasteiger partial charge in [-0.25, -0.2) is 0 Å².